The number of rotatable bonds is 3. The molecule has 0 aromatic heterocycles. The van der Waals surface area contributed by atoms with E-state index in [9.17, 15) is 9.90 Å². The monoisotopic (exact) mass is 272 g/mol. The van der Waals surface area contributed by atoms with E-state index in [0.717, 1.165) is 5.56 Å². The van der Waals surface area contributed by atoms with Crippen molar-refractivity contribution in [3.63, 3.8) is 0 Å². The maximum absolute atomic E-state index is 12.0. The Morgan fingerprint density at radius 2 is 1.90 bits per heavy atom. The third-order valence-corrected chi connectivity index (χ3v) is 2.40. The van der Waals surface area contributed by atoms with Gasteiger partial charge in [0.2, 0.25) is 0 Å². The Hall–Kier alpha value is -2.05. The molecule has 0 bridgehead atoms. The molecule has 0 radical (unpaired) electrons. The Labute approximate surface area is 120 Å². The highest BCUT2D eigenvalue weighted by Gasteiger charge is 2.26. The molecular formula is C17H20O3. The number of aliphatic hydroxyl groups is 1. The van der Waals surface area contributed by atoms with Gasteiger partial charge in [0.25, 0.3) is 0 Å². The maximum Gasteiger partial charge on any atom is 0.340 e. The average molecular weight is 272 g/mol. The number of aliphatic hydroxyl groups excluding tert-OH is 1. The molecule has 3 nitrogen and oxygen atoms in total. The highest BCUT2D eigenvalue weighted by atomic mass is 16.6. The van der Waals surface area contributed by atoms with Crippen molar-refractivity contribution in [2.45, 2.75) is 39.4 Å². The minimum Gasteiger partial charge on any atom is -0.458 e. The van der Waals surface area contributed by atoms with E-state index in [4.69, 9.17) is 4.74 Å². The summed E-state index contributed by atoms with van der Waals surface area (Å²) in [6.07, 6.45) is 0.196. The Balaban J connectivity index is 3.06. The zero-order valence-electron chi connectivity index (χ0n) is 12.3. The van der Waals surface area contributed by atoms with Gasteiger partial charge in [-0.25, -0.2) is 4.79 Å². The molecule has 0 fully saturated rings. The van der Waals surface area contributed by atoms with Crippen molar-refractivity contribution in [2.24, 2.45) is 0 Å². The molecule has 0 heterocycles. The van der Waals surface area contributed by atoms with Crippen LogP contribution in [-0.2, 0) is 9.53 Å². The van der Waals surface area contributed by atoms with Crippen LogP contribution in [0.1, 0.15) is 33.3 Å². The molecule has 0 amide bonds. The highest BCUT2D eigenvalue weighted by Crippen LogP contribution is 2.21. The van der Waals surface area contributed by atoms with Gasteiger partial charge in [-0.1, -0.05) is 36.3 Å². The van der Waals surface area contributed by atoms with Crippen molar-refractivity contribution in [3.05, 3.63) is 42.0 Å². The zero-order chi connectivity index (χ0) is 15.2. The van der Waals surface area contributed by atoms with Gasteiger partial charge in [-0.05, 0) is 39.3 Å². The summed E-state index contributed by atoms with van der Waals surface area (Å²) in [4.78, 5) is 12.0. The Morgan fingerprint density at radius 3 is 2.40 bits per heavy atom. The van der Waals surface area contributed by atoms with Crippen LogP contribution in [0.15, 0.2) is 36.4 Å². The number of benzene rings is 1. The molecule has 1 aromatic rings. The number of allylic oxidation sites excluding steroid dienone is 1. The summed E-state index contributed by atoms with van der Waals surface area (Å²) in [5, 5.41) is 10.2. The lowest BCUT2D eigenvalue weighted by Crippen LogP contribution is -2.32. The fraction of sp³-hybridized carbons (Fsp3) is 0.353. The number of hydrogen-bond donors (Lipinski definition) is 1. The molecule has 1 N–H and O–H groups in total. The second-order valence-electron chi connectivity index (χ2n) is 5.30. The summed E-state index contributed by atoms with van der Waals surface area (Å²) in [6.45, 7) is 6.97. The van der Waals surface area contributed by atoms with Gasteiger partial charge >= 0.3 is 5.97 Å². The lowest BCUT2D eigenvalue weighted by atomic mass is 10.00. The van der Waals surface area contributed by atoms with Crippen LogP contribution in [0.4, 0.5) is 0 Å². The third-order valence-electron chi connectivity index (χ3n) is 2.40. The first-order chi connectivity index (χ1) is 9.35. The first-order valence-electron chi connectivity index (χ1n) is 6.44. The van der Waals surface area contributed by atoms with Gasteiger partial charge in [0.1, 0.15) is 5.60 Å². The third kappa shape index (κ3) is 4.91. The van der Waals surface area contributed by atoms with Gasteiger partial charge < -0.3 is 9.84 Å². The van der Waals surface area contributed by atoms with Crippen molar-refractivity contribution in [3.8, 4) is 11.8 Å². The van der Waals surface area contributed by atoms with Crippen LogP contribution in [0.25, 0.3) is 5.57 Å². The fourth-order valence-corrected chi connectivity index (χ4v) is 1.59. The molecule has 0 aliphatic heterocycles. The molecule has 1 aromatic carbocycles. The molecule has 3 heteroatoms. The molecule has 0 aliphatic rings. The summed E-state index contributed by atoms with van der Waals surface area (Å²) >= 11 is 0. The van der Waals surface area contributed by atoms with Crippen molar-refractivity contribution < 1.29 is 14.6 Å². The summed E-state index contributed by atoms with van der Waals surface area (Å²) in [5.41, 5.74) is 0.541. The summed E-state index contributed by atoms with van der Waals surface area (Å²) in [6, 6.07) is 9.18. The topological polar surface area (TPSA) is 46.5 Å². The zero-order valence-corrected chi connectivity index (χ0v) is 12.3. The van der Waals surface area contributed by atoms with Crippen LogP contribution in [0, 0.1) is 11.8 Å². The van der Waals surface area contributed by atoms with Crippen molar-refractivity contribution >= 4 is 11.5 Å². The van der Waals surface area contributed by atoms with E-state index in [-0.39, 0.29) is 0 Å². The van der Waals surface area contributed by atoms with E-state index in [2.05, 4.69) is 11.8 Å². The second-order valence-corrected chi connectivity index (χ2v) is 5.30. The van der Waals surface area contributed by atoms with Crippen LogP contribution in [0.5, 0.6) is 0 Å². The Morgan fingerprint density at radius 1 is 1.30 bits per heavy atom. The smallest absolute Gasteiger partial charge is 0.340 e. The normalized spacial score (nSPS) is 13.2. The van der Waals surface area contributed by atoms with Gasteiger partial charge in [-0.3, -0.25) is 0 Å². The highest BCUT2D eigenvalue weighted by molar-refractivity contribution is 5.91. The molecule has 0 spiro atoms. The van der Waals surface area contributed by atoms with Gasteiger partial charge in [-0.15, -0.1) is 5.92 Å². The van der Waals surface area contributed by atoms with Gasteiger partial charge in [0.05, 0.1) is 0 Å². The molecule has 0 saturated carbocycles. The number of carbonyl (C=O) groups is 1. The van der Waals surface area contributed by atoms with Crippen LogP contribution >= 0.6 is 0 Å². The van der Waals surface area contributed by atoms with Crippen LogP contribution in [-0.4, -0.2) is 22.8 Å². The summed E-state index contributed by atoms with van der Waals surface area (Å²) < 4.78 is 5.20. The SMILES string of the molecule is CC#C/C=C(\c1ccccc1)[C@@H](O)C(=O)OC(C)(C)C. The maximum atomic E-state index is 12.0. The standard InChI is InChI=1S/C17H20O3/c1-5-6-12-14(13-10-8-7-9-11-13)15(18)16(19)20-17(2,3)4/h7-12,15,18H,1-4H3/b14-12+/t15-/m1/s1. The molecule has 1 atom stereocenters. The van der Waals surface area contributed by atoms with E-state index in [1.807, 2.05) is 30.3 Å². The number of carbonyl (C=O) groups excluding carboxylic acids is 1. The van der Waals surface area contributed by atoms with E-state index >= 15 is 0 Å². The number of esters is 1. The molecule has 20 heavy (non-hydrogen) atoms. The predicted octanol–water partition coefficient (Wildman–Crippen LogP) is 2.80. The summed E-state index contributed by atoms with van der Waals surface area (Å²) in [5.74, 6) is 4.81. The molecule has 1 rings (SSSR count). The van der Waals surface area contributed by atoms with E-state index in [0.29, 0.717) is 5.57 Å². The minimum atomic E-state index is -1.35. The molecule has 0 aliphatic carbocycles. The minimum absolute atomic E-state index is 0.439. The average Bonchev–Trinajstić information content (AvgIpc) is 2.38. The molecule has 0 unspecified atom stereocenters. The lowest BCUT2D eigenvalue weighted by molar-refractivity contribution is -0.161. The first-order valence-corrected chi connectivity index (χ1v) is 6.44. The summed E-state index contributed by atoms with van der Waals surface area (Å²) in [7, 11) is 0. The van der Waals surface area contributed by atoms with Crippen molar-refractivity contribution in [2.75, 3.05) is 0 Å². The Bertz CT molecular complexity index is 539. The van der Waals surface area contributed by atoms with E-state index in [1.54, 1.807) is 33.8 Å². The molecular weight excluding hydrogens is 252 g/mol. The predicted molar refractivity (Wildman–Crippen MR) is 79.7 cm³/mol. The van der Waals surface area contributed by atoms with Gasteiger partial charge in [-0.2, -0.15) is 0 Å². The number of hydrogen-bond acceptors (Lipinski definition) is 3. The molecule has 0 saturated heterocycles. The number of ether oxygens (including phenoxy) is 1. The van der Waals surface area contributed by atoms with Crippen LogP contribution < -0.4 is 0 Å². The first kappa shape index (κ1) is 16.0. The molecule has 106 valence electrons. The van der Waals surface area contributed by atoms with Gasteiger partial charge in [0.15, 0.2) is 6.10 Å². The van der Waals surface area contributed by atoms with E-state index < -0.39 is 17.7 Å². The fourth-order valence-electron chi connectivity index (χ4n) is 1.59. The van der Waals surface area contributed by atoms with Crippen molar-refractivity contribution in [1.29, 1.82) is 0 Å². The van der Waals surface area contributed by atoms with Gasteiger partial charge in [0, 0.05) is 5.57 Å². The Kier molecular flexibility index (Phi) is 5.54. The van der Waals surface area contributed by atoms with Crippen molar-refractivity contribution in [1.82, 2.24) is 0 Å². The van der Waals surface area contributed by atoms with E-state index in [1.165, 1.54) is 0 Å². The van der Waals surface area contributed by atoms with Crippen LogP contribution in [0.3, 0.4) is 0 Å². The largest absolute Gasteiger partial charge is 0.458 e. The quantitative estimate of drug-likeness (QED) is 0.680. The second kappa shape index (κ2) is 6.93. The van der Waals surface area contributed by atoms with Crippen LogP contribution in [0.2, 0.25) is 0 Å². The lowest BCUT2D eigenvalue weighted by Gasteiger charge is -2.22.